The van der Waals surface area contributed by atoms with Crippen LogP contribution in [0, 0.1) is 5.82 Å². The van der Waals surface area contributed by atoms with Gasteiger partial charge in [-0.3, -0.25) is 9.36 Å². The van der Waals surface area contributed by atoms with Crippen LogP contribution in [0.15, 0.2) is 72.8 Å². The van der Waals surface area contributed by atoms with E-state index >= 15 is 0 Å². The number of fused-ring (bicyclic) bond motifs is 1. The van der Waals surface area contributed by atoms with Gasteiger partial charge in [-0.2, -0.15) is 8.78 Å². The van der Waals surface area contributed by atoms with Gasteiger partial charge in [-0.25, -0.2) is 9.37 Å². The number of alkyl halides is 2. The molecule has 0 aliphatic rings. The number of benzene rings is 3. The summed E-state index contributed by atoms with van der Waals surface area (Å²) in [5, 5.41) is 2.74. The van der Waals surface area contributed by atoms with Gasteiger partial charge in [0.05, 0.1) is 17.5 Å². The molecule has 4 rings (SSSR count). The molecule has 1 aromatic heterocycles. The number of para-hydroxylation sites is 2. The minimum absolute atomic E-state index is 0.100. The zero-order chi connectivity index (χ0) is 20.4. The first-order valence-corrected chi connectivity index (χ1v) is 8.91. The van der Waals surface area contributed by atoms with E-state index in [1.54, 1.807) is 60.7 Å². The molecule has 0 atom stereocenters. The summed E-state index contributed by atoms with van der Waals surface area (Å²) in [5.74, 6) is -0.464. The number of carbonyl (C=O) groups is 1. The zero-order valence-electron chi connectivity index (χ0n) is 15.1. The topological polar surface area (TPSA) is 46.9 Å². The third-order valence-corrected chi connectivity index (χ3v) is 4.50. The Morgan fingerprint density at radius 2 is 1.66 bits per heavy atom. The Morgan fingerprint density at radius 3 is 2.34 bits per heavy atom. The number of halogens is 3. The van der Waals surface area contributed by atoms with Crippen molar-refractivity contribution in [2.75, 3.05) is 5.32 Å². The van der Waals surface area contributed by atoms with E-state index in [2.05, 4.69) is 10.3 Å². The molecule has 1 amide bonds. The molecule has 0 radical (unpaired) electrons. The lowest BCUT2D eigenvalue weighted by Crippen LogP contribution is -2.14. The lowest BCUT2D eigenvalue weighted by molar-refractivity contribution is -0.115. The van der Waals surface area contributed by atoms with Gasteiger partial charge in [-0.1, -0.05) is 24.3 Å². The monoisotopic (exact) mass is 395 g/mol. The fourth-order valence-electron chi connectivity index (χ4n) is 3.14. The van der Waals surface area contributed by atoms with E-state index in [1.165, 1.54) is 12.1 Å². The van der Waals surface area contributed by atoms with Gasteiger partial charge in [0.15, 0.2) is 0 Å². The van der Waals surface area contributed by atoms with Crippen LogP contribution in [-0.4, -0.2) is 15.5 Å². The highest BCUT2D eigenvalue weighted by molar-refractivity contribution is 5.92. The fraction of sp³-hybridized carbons (Fsp3) is 0.0909. The van der Waals surface area contributed by atoms with Crippen molar-refractivity contribution in [3.63, 3.8) is 0 Å². The summed E-state index contributed by atoms with van der Waals surface area (Å²) in [4.78, 5) is 16.5. The molecule has 146 valence electrons. The average molecular weight is 395 g/mol. The number of hydrogen-bond donors (Lipinski definition) is 1. The predicted octanol–water partition coefficient (Wildman–Crippen LogP) is 5.42. The van der Waals surface area contributed by atoms with Crippen LogP contribution in [0.5, 0.6) is 0 Å². The lowest BCUT2D eigenvalue weighted by Gasteiger charge is -2.09. The molecule has 7 heteroatoms. The van der Waals surface area contributed by atoms with Crippen LogP contribution in [0.2, 0.25) is 0 Å². The maximum absolute atomic E-state index is 13.6. The normalized spacial score (nSPS) is 11.2. The maximum atomic E-state index is 13.6. The van der Waals surface area contributed by atoms with Crippen LogP contribution in [0.3, 0.4) is 0 Å². The second-order valence-corrected chi connectivity index (χ2v) is 6.50. The standard InChI is InChI=1S/C22H16F3N3O/c23-16-9-5-14(6-10-16)13-20(29)26-17-11-7-15(8-12-17)21-27-18-3-1-2-4-19(18)28(21)22(24)25/h1-12,22H,13H2,(H,26,29). The third kappa shape index (κ3) is 3.99. The first-order chi connectivity index (χ1) is 14.0. The molecule has 0 saturated carbocycles. The number of nitrogens with one attached hydrogen (secondary N) is 1. The van der Waals surface area contributed by atoms with E-state index in [1.807, 2.05) is 0 Å². The molecule has 29 heavy (non-hydrogen) atoms. The highest BCUT2D eigenvalue weighted by Gasteiger charge is 2.18. The quantitative estimate of drug-likeness (QED) is 0.491. The largest absolute Gasteiger partial charge is 0.326 e. The van der Waals surface area contributed by atoms with Gasteiger partial charge < -0.3 is 5.32 Å². The second-order valence-electron chi connectivity index (χ2n) is 6.50. The van der Waals surface area contributed by atoms with Crippen molar-refractivity contribution < 1.29 is 18.0 Å². The van der Waals surface area contributed by atoms with Crippen LogP contribution < -0.4 is 5.32 Å². The predicted molar refractivity (Wildman–Crippen MR) is 105 cm³/mol. The van der Waals surface area contributed by atoms with Crippen molar-refractivity contribution in [3.8, 4) is 11.4 Å². The molecular weight excluding hydrogens is 379 g/mol. The van der Waals surface area contributed by atoms with Gasteiger partial charge in [-0.05, 0) is 54.1 Å². The van der Waals surface area contributed by atoms with E-state index in [0.717, 1.165) is 4.57 Å². The van der Waals surface area contributed by atoms with E-state index in [4.69, 9.17) is 0 Å². The van der Waals surface area contributed by atoms with Gasteiger partial charge >= 0.3 is 6.55 Å². The molecular formula is C22H16F3N3O. The summed E-state index contributed by atoms with van der Waals surface area (Å²) in [6.45, 7) is -2.73. The lowest BCUT2D eigenvalue weighted by atomic mass is 10.1. The molecule has 3 aromatic carbocycles. The molecule has 4 aromatic rings. The van der Waals surface area contributed by atoms with Crippen LogP contribution >= 0.6 is 0 Å². The second kappa shape index (κ2) is 7.79. The third-order valence-electron chi connectivity index (χ3n) is 4.50. The summed E-state index contributed by atoms with van der Waals surface area (Å²) in [5.41, 5.74) is 2.57. The van der Waals surface area contributed by atoms with Crippen molar-refractivity contribution in [3.05, 3.63) is 84.2 Å². The van der Waals surface area contributed by atoms with Crippen LogP contribution in [-0.2, 0) is 11.2 Å². The summed E-state index contributed by atoms with van der Waals surface area (Å²) in [6, 6.07) is 18.9. The molecule has 0 saturated heterocycles. The van der Waals surface area contributed by atoms with Gasteiger partial charge in [0.1, 0.15) is 11.6 Å². The molecule has 4 nitrogen and oxygen atoms in total. The minimum atomic E-state index is -2.73. The Labute approximate surface area is 164 Å². The number of hydrogen-bond acceptors (Lipinski definition) is 2. The Morgan fingerprint density at radius 1 is 0.966 bits per heavy atom. The number of imidazole rings is 1. The average Bonchev–Trinajstić information content (AvgIpc) is 3.10. The number of rotatable bonds is 5. The summed E-state index contributed by atoms with van der Waals surface area (Å²) in [7, 11) is 0. The molecule has 0 unspecified atom stereocenters. The van der Waals surface area contributed by atoms with Crippen molar-refractivity contribution in [1.82, 2.24) is 9.55 Å². The van der Waals surface area contributed by atoms with Crippen molar-refractivity contribution >= 4 is 22.6 Å². The Balaban J connectivity index is 1.54. The first kappa shape index (κ1) is 18.7. The van der Waals surface area contributed by atoms with Gasteiger partial charge in [0.2, 0.25) is 5.91 Å². The van der Waals surface area contributed by atoms with Gasteiger partial charge in [0, 0.05) is 11.3 Å². The number of carbonyl (C=O) groups excluding carboxylic acids is 1. The molecule has 1 heterocycles. The zero-order valence-corrected chi connectivity index (χ0v) is 15.1. The van der Waals surface area contributed by atoms with Crippen molar-refractivity contribution in [2.45, 2.75) is 13.0 Å². The molecule has 0 aliphatic carbocycles. The van der Waals surface area contributed by atoms with Crippen LogP contribution in [0.25, 0.3) is 22.4 Å². The summed E-state index contributed by atoms with van der Waals surface area (Å²) < 4.78 is 41.0. The molecule has 1 N–H and O–H groups in total. The Hall–Kier alpha value is -3.61. The minimum Gasteiger partial charge on any atom is -0.326 e. The highest BCUT2D eigenvalue weighted by atomic mass is 19.3. The van der Waals surface area contributed by atoms with Crippen molar-refractivity contribution in [2.24, 2.45) is 0 Å². The summed E-state index contributed by atoms with van der Waals surface area (Å²) >= 11 is 0. The molecule has 0 aliphatic heterocycles. The van der Waals surface area contributed by atoms with E-state index < -0.39 is 6.55 Å². The van der Waals surface area contributed by atoms with E-state index in [-0.39, 0.29) is 24.0 Å². The molecule has 0 fully saturated rings. The van der Waals surface area contributed by atoms with E-state index in [9.17, 15) is 18.0 Å². The van der Waals surface area contributed by atoms with Crippen LogP contribution in [0.4, 0.5) is 18.9 Å². The Kier molecular flexibility index (Phi) is 5.03. The van der Waals surface area contributed by atoms with Gasteiger partial charge in [0.25, 0.3) is 0 Å². The Bertz CT molecular complexity index is 1150. The molecule has 0 bridgehead atoms. The maximum Gasteiger partial charge on any atom is 0.320 e. The fourth-order valence-corrected chi connectivity index (χ4v) is 3.14. The highest BCUT2D eigenvalue weighted by Crippen LogP contribution is 2.30. The van der Waals surface area contributed by atoms with Crippen LogP contribution in [0.1, 0.15) is 12.1 Å². The number of nitrogens with zero attached hydrogens (tertiary/aromatic N) is 2. The first-order valence-electron chi connectivity index (χ1n) is 8.91. The number of anilines is 1. The van der Waals surface area contributed by atoms with Crippen molar-refractivity contribution in [1.29, 1.82) is 0 Å². The summed E-state index contributed by atoms with van der Waals surface area (Å²) in [6.07, 6.45) is 0.100. The number of aromatic nitrogens is 2. The van der Waals surface area contributed by atoms with E-state index in [0.29, 0.717) is 27.8 Å². The SMILES string of the molecule is O=C(Cc1ccc(F)cc1)Nc1ccc(-c2nc3ccccc3n2C(F)F)cc1. The van der Waals surface area contributed by atoms with Gasteiger partial charge in [-0.15, -0.1) is 0 Å². The molecule has 0 spiro atoms. The smallest absolute Gasteiger partial charge is 0.320 e. The number of amides is 1.